The fraction of sp³-hybridized carbons (Fsp3) is 0.250. The summed E-state index contributed by atoms with van der Waals surface area (Å²) in [5, 5.41) is 8.97. The van der Waals surface area contributed by atoms with Crippen LogP contribution in [0.15, 0.2) is 36.5 Å². The Bertz CT molecular complexity index is 157. The molecule has 0 aromatic heterocycles. The molecule has 1 atom stereocenters. The maximum absolute atomic E-state index is 8.97. The molecule has 0 saturated heterocycles. The Morgan fingerprint density at radius 3 is 2.60 bits per heavy atom. The molecule has 0 radical (unpaired) electrons. The zero-order valence-electron chi connectivity index (χ0n) is 5.99. The number of aliphatic hydroxyl groups is 1. The van der Waals surface area contributed by atoms with Crippen LogP contribution in [-0.2, 0) is 0 Å². The molecule has 0 saturated carbocycles. The van der Waals surface area contributed by atoms with Crippen molar-refractivity contribution in [3.8, 4) is 0 Å². The van der Waals surface area contributed by atoms with Gasteiger partial charge in [0.05, 0.1) is 0 Å². The first kappa shape index (κ1) is 9.53. The lowest BCUT2D eigenvalue weighted by Crippen LogP contribution is -1.97. The van der Waals surface area contributed by atoms with E-state index in [0.29, 0.717) is 0 Å². The standard InChI is InChI=1S/C8H12OS/c1-3-5-7(6-4-2)8(9)10/h3-6,8-10H,1H2,2H3/b6-4-,7-5+/t8-/m1/s1. The van der Waals surface area contributed by atoms with E-state index in [4.69, 9.17) is 5.11 Å². The molecule has 0 fully saturated rings. The van der Waals surface area contributed by atoms with Gasteiger partial charge in [0.25, 0.3) is 0 Å². The van der Waals surface area contributed by atoms with E-state index >= 15 is 0 Å². The highest BCUT2D eigenvalue weighted by atomic mass is 32.1. The molecule has 0 spiro atoms. The van der Waals surface area contributed by atoms with Crippen molar-refractivity contribution in [2.24, 2.45) is 0 Å². The molecule has 56 valence electrons. The second-order valence-electron chi connectivity index (χ2n) is 1.78. The summed E-state index contributed by atoms with van der Waals surface area (Å²) in [6.45, 7) is 5.39. The molecule has 1 nitrogen and oxygen atoms in total. The Balaban J connectivity index is 4.25. The third kappa shape index (κ3) is 3.54. The van der Waals surface area contributed by atoms with E-state index in [0.717, 1.165) is 5.57 Å². The molecule has 10 heavy (non-hydrogen) atoms. The van der Waals surface area contributed by atoms with Crippen LogP contribution in [0.3, 0.4) is 0 Å². The summed E-state index contributed by atoms with van der Waals surface area (Å²) in [6, 6.07) is 0. The van der Waals surface area contributed by atoms with E-state index in [1.54, 1.807) is 18.2 Å². The lowest BCUT2D eigenvalue weighted by molar-refractivity contribution is 0.304. The minimum atomic E-state index is -0.714. The van der Waals surface area contributed by atoms with Crippen LogP contribution in [0.1, 0.15) is 6.92 Å². The maximum atomic E-state index is 8.97. The average molecular weight is 156 g/mol. The quantitative estimate of drug-likeness (QED) is 0.363. The predicted octanol–water partition coefficient (Wildman–Crippen LogP) is 1.92. The van der Waals surface area contributed by atoms with Gasteiger partial charge in [0.2, 0.25) is 0 Å². The van der Waals surface area contributed by atoms with Crippen molar-refractivity contribution in [1.29, 1.82) is 0 Å². The minimum Gasteiger partial charge on any atom is -0.378 e. The summed E-state index contributed by atoms with van der Waals surface area (Å²) in [4.78, 5) is 0. The van der Waals surface area contributed by atoms with Gasteiger partial charge in [-0.3, -0.25) is 0 Å². The number of rotatable bonds is 3. The zero-order valence-corrected chi connectivity index (χ0v) is 6.88. The molecule has 0 bridgehead atoms. The third-order valence-electron chi connectivity index (χ3n) is 0.968. The molecule has 0 unspecified atom stereocenters. The average Bonchev–Trinajstić information content (AvgIpc) is 1.87. The van der Waals surface area contributed by atoms with E-state index in [1.807, 2.05) is 13.0 Å². The van der Waals surface area contributed by atoms with Gasteiger partial charge < -0.3 is 5.11 Å². The van der Waals surface area contributed by atoms with Crippen molar-refractivity contribution < 1.29 is 5.11 Å². The van der Waals surface area contributed by atoms with Crippen LogP contribution >= 0.6 is 12.6 Å². The molecule has 0 aromatic carbocycles. The number of allylic oxidation sites excluding steroid dienone is 3. The topological polar surface area (TPSA) is 20.2 Å². The molecule has 2 heteroatoms. The van der Waals surface area contributed by atoms with Crippen LogP contribution in [0.25, 0.3) is 0 Å². The summed E-state index contributed by atoms with van der Waals surface area (Å²) in [5.74, 6) is 0. The van der Waals surface area contributed by atoms with E-state index in [1.165, 1.54) is 0 Å². The molecule has 1 N–H and O–H groups in total. The van der Waals surface area contributed by atoms with Gasteiger partial charge >= 0.3 is 0 Å². The Morgan fingerprint density at radius 2 is 2.30 bits per heavy atom. The predicted molar refractivity (Wildman–Crippen MR) is 48.1 cm³/mol. The summed E-state index contributed by atoms with van der Waals surface area (Å²) in [7, 11) is 0. The Hall–Kier alpha value is -0.470. The van der Waals surface area contributed by atoms with Crippen molar-refractivity contribution in [1.82, 2.24) is 0 Å². The van der Waals surface area contributed by atoms with Crippen molar-refractivity contribution in [2.45, 2.75) is 12.4 Å². The highest BCUT2D eigenvalue weighted by Gasteiger charge is 1.97. The summed E-state index contributed by atoms with van der Waals surface area (Å²) >= 11 is 3.85. The molecule has 0 amide bonds. The van der Waals surface area contributed by atoms with Gasteiger partial charge in [-0.2, -0.15) is 0 Å². The smallest absolute Gasteiger partial charge is 0.122 e. The first-order valence-corrected chi connectivity index (χ1v) is 3.55. The van der Waals surface area contributed by atoms with Crippen molar-refractivity contribution in [3.63, 3.8) is 0 Å². The molecular weight excluding hydrogens is 144 g/mol. The lowest BCUT2D eigenvalue weighted by atomic mass is 10.2. The molecular formula is C8H12OS. The largest absolute Gasteiger partial charge is 0.378 e. The third-order valence-corrected chi connectivity index (χ3v) is 1.27. The normalized spacial score (nSPS) is 15.7. The zero-order chi connectivity index (χ0) is 7.98. The van der Waals surface area contributed by atoms with Gasteiger partial charge in [0.15, 0.2) is 0 Å². The van der Waals surface area contributed by atoms with Gasteiger partial charge in [0.1, 0.15) is 5.44 Å². The fourth-order valence-corrected chi connectivity index (χ4v) is 0.728. The second kappa shape index (κ2) is 5.33. The van der Waals surface area contributed by atoms with E-state index in [9.17, 15) is 0 Å². The SMILES string of the molecule is C=C/C=C(\C=C/C)[C@H](O)S. The van der Waals surface area contributed by atoms with E-state index < -0.39 is 5.44 Å². The molecule has 0 aliphatic carbocycles. The van der Waals surface area contributed by atoms with E-state index in [-0.39, 0.29) is 0 Å². The van der Waals surface area contributed by atoms with Gasteiger partial charge in [-0.1, -0.05) is 30.9 Å². The molecule has 0 heterocycles. The number of aliphatic hydroxyl groups excluding tert-OH is 1. The first-order valence-electron chi connectivity index (χ1n) is 3.03. The lowest BCUT2D eigenvalue weighted by Gasteiger charge is -2.01. The number of hydrogen-bond donors (Lipinski definition) is 2. The van der Waals surface area contributed by atoms with Crippen LogP contribution in [0.5, 0.6) is 0 Å². The molecule has 0 aromatic rings. The van der Waals surface area contributed by atoms with Gasteiger partial charge in [-0.05, 0) is 12.5 Å². The minimum absolute atomic E-state index is 0.714. The maximum Gasteiger partial charge on any atom is 0.122 e. The number of thiol groups is 1. The molecule has 0 aliphatic rings. The van der Waals surface area contributed by atoms with Crippen LogP contribution in [0.4, 0.5) is 0 Å². The van der Waals surface area contributed by atoms with Crippen LogP contribution in [0.2, 0.25) is 0 Å². The monoisotopic (exact) mass is 156 g/mol. The van der Waals surface area contributed by atoms with Crippen LogP contribution < -0.4 is 0 Å². The van der Waals surface area contributed by atoms with Crippen LogP contribution in [0, 0.1) is 0 Å². The highest BCUT2D eigenvalue weighted by molar-refractivity contribution is 7.81. The summed E-state index contributed by atoms with van der Waals surface area (Å²) in [5.41, 5.74) is 0.0371. The van der Waals surface area contributed by atoms with Gasteiger partial charge in [-0.25, -0.2) is 0 Å². The number of hydrogen-bond acceptors (Lipinski definition) is 2. The highest BCUT2D eigenvalue weighted by Crippen LogP contribution is 2.07. The van der Waals surface area contributed by atoms with Gasteiger partial charge in [0, 0.05) is 0 Å². The van der Waals surface area contributed by atoms with Crippen LogP contribution in [-0.4, -0.2) is 10.5 Å². The molecule has 0 aliphatic heterocycles. The van der Waals surface area contributed by atoms with Crippen molar-refractivity contribution in [2.75, 3.05) is 0 Å². The Morgan fingerprint density at radius 1 is 1.70 bits per heavy atom. The van der Waals surface area contributed by atoms with Gasteiger partial charge in [-0.15, -0.1) is 12.6 Å². The van der Waals surface area contributed by atoms with Crippen molar-refractivity contribution in [3.05, 3.63) is 36.5 Å². The fourth-order valence-electron chi connectivity index (χ4n) is 0.556. The Labute approximate surface area is 67.2 Å². The summed E-state index contributed by atoms with van der Waals surface area (Å²) < 4.78 is 0. The second-order valence-corrected chi connectivity index (χ2v) is 2.27. The van der Waals surface area contributed by atoms with Crippen molar-refractivity contribution >= 4 is 12.6 Å². The first-order chi connectivity index (χ1) is 4.72. The van der Waals surface area contributed by atoms with E-state index in [2.05, 4.69) is 19.2 Å². The molecule has 0 rings (SSSR count). The summed E-state index contributed by atoms with van der Waals surface area (Å²) in [6.07, 6.45) is 6.97. The Kier molecular flexibility index (Phi) is 5.08.